The van der Waals surface area contributed by atoms with Crippen LogP contribution in [0.3, 0.4) is 0 Å². The third kappa shape index (κ3) is 3.45. The molecule has 2 aromatic rings. The number of nitrogens with zero attached hydrogens (tertiary/aromatic N) is 3. The molecule has 1 fully saturated rings. The van der Waals surface area contributed by atoms with Crippen LogP contribution in [0.15, 0.2) is 30.9 Å². The van der Waals surface area contributed by atoms with Crippen molar-refractivity contribution in [1.82, 2.24) is 15.0 Å². The van der Waals surface area contributed by atoms with Crippen molar-refractivity contribution < 1.29 is 14.0 Å². The molecule has 8 heteroatoms. The molecular weight excluding hydrogens is 319 g/mol. The molecule has 2 aromatic heterocycles. The summed E-state index contributed by atoms with van der Waals surface area (Å²) in [5, 5.41) is 0. The maximum atomic E-state index is 6.06. The van der Waals surface area contributed by atoms with E-state index in [-0.39, 0.29) is 6.10 Å². The largest absolute Gasteiger partial charge is 0.496 e. The number of nitrogens with two attached hydrogens (primary N) is 1. The van der Waals surface area contributed by atoms with Gasteiger partial charge in [-0.1, -0.05) is 0 Å². The third-order valence-electron chi connectivity index (χ3n) is 4.75. The van der Waals surface area contributed by atoms with Gasteiger partial charge in [-0.25, -0.2) is 15.0 Å². The third-order valence-corrected chi connectivity index (χ3v) is 4.75. The lowest BCUT2D eigenvalue weighted by atomic mass is 9.80. The number of anilines is 1. The van der Waals surface area contributed by atoms with Crippen LogP contribution in [-0.2, 0) is 9.31 Å². The summed E-state index contributed by atoms with van der Waals surface area (Å²) in [5.41, 5.74) is 6.65. The SMILES string of the molecule is C[C@@H](Oc1cc(B2OC(C)(C)C(C)(C)O2)cnc1N)c1ccncn1. The maximum absolute atomic E-state index is 6.06. The van der Waals surface area contributed by atoms with Crippen molar-refractivity contribution >= 4 is 18.4 Å². The van der Waals surface area contributed by atoms with E-state index in [1.54, 1.807) is 18.5 Å². The predicted molar refractivity (Wildman–Crippen MR) is 95.4 cm³/mol. The Morgan fingerprint density at radius 1 is 1.16 bits per heavy atom. The Hall–Kier alpha value is -2.19. The van der Waals surface area contributed by atoms with Gasteiger partial charge in [0.25, 0.3) is 0 Å². The van der Waals surface area contributed by atoms with Gasteiger partial charge in [0.15, 0.2) is 11.6 Å². The molecule has 0 saturated carbocycles. The summed E-state index contributed by atoms with van der Waals surface area (Å²) in [6.45, 7) is 9.92. The van der Waals surface area contributed by atoms with Crippen LogP contribution >= 0.6 is 0 Å². The zero-order valence-electron chi connectivity index (χ0n) is 15.2. The van der Waals surface area contributed by atoms with E-state index in [0.717, 1.165) is 11.2 Å². The fourth-order valence-corrected chi connectivity index (χ4v) is 2.46. The fourth-order valence-electron chi connectivity index (χ4n) is 2.46. The van der Waals surface area contributed by atoms with Crippen molar-refractivity contribution in [2.45, 2.75) is 51.9 Å². The molecule has 25 heavy (non-hydrogen) atoms. The van der Waals surface area contributed by atoms with E-state index in [4.69, 9.17) is 19.8 Å². The zero-order chi connectivity index (χ0) is 18.2. The van der Waals surface area contributed by atoms with Crippen LogP contribution < -0.4 is 15.9 Å². The summed E-state index contributed by atoms with van der Waals surface area (Å²) in [6.07, 6.45) is 4.52. The molecule has 0 amide bonds. The van der Waals surface area contributed by atoms with Gasteiger partial charge in [-0.3, -0.25) is 0 Å². The highest BCUT2D eigenvalue weighted by Crippen LogP contribution is 2.36. The topological polar surface area (TPSA) is 92.4 Å². The van der Waals surface area contributed by atoms with Gasteiger partial charge in [0, 0.05) is 17.9 Å². The van der Waals surface area contributed by atoms with Gasteiger partial charge in [0.1, 0.15) is 12.4 Å². The summed E-state index contributed by atoms with van der Waals surface area (Å²) < 4.78 is 18.1. The van der Waals surface area contributed by atoms with Gasteiger partial charge in [-0.05, 0) is 46.8 Å². The highest BCUT2D eigenvalue weighted by Gasteiger charge is 2.52. The van der Waals surface area contributed by atoms with Crippen molar-refractivity contribution in [2.75, 3.05) is 5.73 Å². The van der Waals surface area contributed by atoms with E-state index < -0.39 is 18.3 Å². The van der Waals surface area contributed by atoms with E-state index in [1.807, 2.05) is 40.7 Å². The van der Waals surface area contributed by atoms with E-state index in [9.17, 15) is 0 Å². The summed E-state index contributed by atoms with van der Waals surface area (Å²) in [7, 11) is -0.519. The fraction of sp³-hybridized carbons (Fsp3) is 0.471. The smallest absolute Gasteiger partial charge is 0.481 e. The van der Waals surface area contributed by atoms with Crippen LogP contribution in [-0.4, -0.2) is 33.3 Å². The summed E-state index contributed by atoms with van der Waals surface area (Å²) >= 11 is 0. The monoisotopic (exact) mass is 342 g/mol. The van der Waals surface area contributed by atoms with Gasteiger partial charge >= 0.3 is 7.12 Å². The average Bonchev–Trinajstić information content (AvgIpc) is 2.78. The van der Waals surface area contributed by atoms with Crippen molar-refractivity contribution in [1.29, 1.82) is 0 Å². The first kappa shape index (κ1) is 17.6. The van der Waals surface area contributed by atoms with Crippen LogP contribution in [0, 0.1) is 0 Å². The van der Waals surface area contributed by atoms with Gasteiger partial charge in [0.2, 0.25) is 0 Å². The van der Waals surface area contributed by atoms with Gasteiger partial charge < -0.3 is 19.8 Å². The van der Waals surface area contributed by atoms with Gasteiger partial charge in [0.05, 0.1) is 16.9 Å². The Morgan fingerprint density at radius 3 is 2.44 bits per heavy atom. The second-order valence-corrected chi connectivity index (χ2v) is 7.13. The number of rotatable bonds is 4. The molecule has 0 aromatic carbocycles. The van der Waals surface area contributed by atoms with Crippen molar-refractivity contribution in [2.24, 2.45) is 0 Å². The minimum absolute atomic E-state index is 0.291. The Kier molecular flexibility index (Phi) is 4.42. The van der Waals surface area contributed by atoms with Crippen LogP contribution in [0.1, 0.15) is 46.4 Å². The van der Waals surface area contributed by atoms with E-state index in [0.29, 0.717) is 11.6 Å². The summed E-state index contributed by atoms with van der Waals surface area (Å²) in [5.74, 6) is 0.777. The summed E-state index contributed by atoms with van der Waals surface area (Å²) in [4.78, 5) is 12.3. The average molecular weight is 342 g/mol. The number of hydrogen-bond donors (Lipinski definition) is 1. The van der Waals surface area contributed by atoms with E-state index >= 15 is 0 Å². The predicted octanol–water partition coefficient (Wildman–Crippen LogP) is 1.89. The molecule has 0 spiro atoms. The van der Waals surface area contributed by atoms with Crippen LogP contribution in [0.4, 0.5) is 5.82 Å². The first-order chi connectivity index (χ1) is 11.7. The highest BCUT2D eigenvalue weighted by atomic mass is 16.7. The van der Waals surface area contributed by atoms with Crippen molar-refractivity contribution in [3.05, 3.63) is 36.5 Å². The minimum Gasteiger partial charge on any atom is -0.481 e. The number of pyridine rings is 1. The standard InChI is InChI=1S/C17H23BN4O3/c1-11(13-6-7-20-10-22-13)23-14-8-12(9-21-15(14)19)18-24-16(2,3)17(4,5)25-18/h6-11H,1-5H3,(H2,19,21)/t11-/m1/s1. The minimum atomic E-state index is -0.519. The van der Waals surface area contributed by atoms with Crippen LogP contribution in [0.5, 0.6) is 5.75 Å². The zero-order valence-corrected chi connectivity index (χ0v) is 15.2. The number of ether oxygens (including phenoxy) is 1. The second-order valence-electron chi connectivity index (χ2n) is 7.13. The molecule has 0 aliphatic carbocycles. The first-order valence-corrected chi connectivity index (χ1v) is 8.23. The van der Waals surface area contributed by atoms with Crippen molar-refractivity contribution in [3.63, 3.8) is 0 Å². The molecule has 2 N–H and O–H groups in total. The Morgan fingerprint density at radius 2 is 1.84 bits per heavy atom. The quantitative estimate of drug-likeness (QED) is 0.848. The van der Waals surface area contributed by atoms with E-state index in [2.05, 4.69) is 15.0 Å². The lowest BCUT2D eigenvalue weighted by Gasteiger charge is -2.32. The van der Waals surface area contributed by atoms with Gasteiger partial charge in [-0.15, -0.1) is 0 Å². The Bertz CT molecular complexity index is 739. The molecule has 1 aliphatic rings. The number of hydrogen-bond acceptors (Lipinski definition) is 7. The maximum Gasteiger partial charge on any atom is 0.496 e. The molecular formula is C17H23BN4O3. The van der Waals surface area contributed by atoms with Crippen LogP contribution in [0.25, 0.3) is 0 Å². The Balaban J connectivity index is 1.82. The molecule has 1 saturated heterocycles. The normalized spacial score (nSPS) is 19.6. The molecule has 1 aliphatic heterocycles. The second kappa shape index (κ2) is 6.27. The molecule has 0 radical (unpaired) electrons. The molecule has 3 heterocycles. The Labute approximate surface area is 148 Å². The number of nitrogen functional groups attached to an aromatic ring is 1. The van der Waals surface area contributed by atoms with Crippen LogP contribution in [0.2, 0.25) is 0 Å². The molecule has 0 unspecified atom stereocenters. The van der Waals surface area contributed by atoms with E-state index in [1.165, 1.54) is 6.33 Å². The highest BCUT2D eigenvalue weighted by molar-refractivity contribution is 6.62. The molecule has 132 valence electrons. The molecule has 7 nitrogen and oxygen atoms in total. The summed E-state index contributed by atoms with van der Waals surface area (Å²) in [6, 6.07) is 3.61. The van der Waals surface area contributed by atoms with Crippen molar-refractivity contribution in [3.8, 4) is 5.75 Å². The lowest BCUT2D eigenvalue weighted by Crippen LogP contribution is -2.41. The number of aromatic nitrogens is 3. The lowest BCUT2D eigenvalue weighted by molar-refractivity contribution is 0.00578. The first-order valence-electron chi connectivity index (χ1n) is 8.23. The molecule has 3 rings (SSSR count). The van der Waals surface area contributed by atoms with Gasteiger partial charge in [-0.2, -0.15) is 0 Å². The molecule has 0 bridgehead atoms. The molecule has 1 atom stereocenters.